The molecule has 1 rings (SSSR count). The molecule has 0 aromatic heterocycles. The van der Waals surface area contributed by atoms with Gasteiger partial charge in [-0.2, -0.15) is 0 Å². The molecule has 1 aromatic carbocycles. The number of rotatable bonds is 5. The summed E-state index contributed by atoms with van der Waals surface area (Å²) in [4.78, 5) is 24.8. The fourth-order valence-corrected chi connectivity index (χ4v) is 2.05. The van der Waals surface area contributed by atoms with Crippen LogP contribution < -0.4 is 0 Å². The maximum Gasteiger partial charge on any atom is 0.307 e. The molecule has 4 nitrogen and oxygen atoms in total. The molecule has 0 heterocycles. The minimum atomic E-state index is -0.340. The first-order valence-corrected chi connectivity index (χ1v) is 6.58. The van der Waals surface area contributed by atoms with Crippen molar-refractivity contribution in [2.45, 2.75) is 13.3 Å². The number of amides is 1. The van der Waals surface area contributed by atoms with Gasteiger partial charge in [-0.25, -0.2) is 0 Å². The lowest BCUT2D eigenvalue weighted by atomic mass is 10.2. The molecule has 0 aliphatic carbocycles. The molecule has 0 radical (unpaired) electrons. The number of hydrogen-bond donors (Lipinski definition) is 0. The Morgan fingerprint density at radius 1 is 1.26 bits per heavy atom. The van der Waals surface area contributed by atoms with Crippen LogP contribution in [0.2, 0.25) is 10.0 Å². The van der Waals surface area contributed by atoms with E-state index in [0.29, 0.717) is 16.7 Å². The van der Waals surface area contributed by atoms with Crippen LogP contribution in [0, 0.1) is 0 Å². The third-order valence-electron chi connectivity index (χ3n) is 2.48. The fourth-order valence-electron chi connectivity index (χ4n) is 1.49. The molecule has 0 N–H and O–H groups in total. The van der Waals surface area contributed by atoms with Crippen molar-refractivity contribution in [1.29, 1.82) is 0 Å². The summed E-state index contributed by atoms with van der Waals surface area (Å²) in [7, 11) is 1.58. The van der Waals surface area contributed by atoms with Gasteiger partial charge in [0.25, 0.3) is 5.91 Å². The lowest BCUT2D eigenvalue weighted by Crippen LogP contribution is -2.29. The average molecular weight is 304 g/mol. The number of hydrogen-bond acceptors (Lipinski definition) is 3. The van der Waals surface area contributed by atoms with Crippen molar-refractivity contribution < 1.29 is 14.3 Å². The van der Waals surface area contributed by atoms with Crippen molar-refractivity contribution in [3.05, 3.63) is 33.8 Å². The highest BCUT2D eigenvalue weighted by molar-refractivity contribution is 6.39. The van der Waals surface area contributed by atoms with Gasteiger partial charge >= 0.3 is 5.97 Å². The lowest BCUT2D eigenvalue weighted by Gasteiger charge is -2.18. The third-order valence-corrected chi connectivity index (χ3v) is 3.11. The maximum absolute atomic E-state index is 12.2. The predicted octanol–water partition coefficient (Wildman–Crippen LogP) is 3.02. The van der Waals surface area contributed by atoms with E-state index in [1.807, 2.05) is 0 Å². The zero-order chi connectivity index (χ0) is 14.4. The number of ether oxygens (including phenoxy) is 1. The molecule has 0 fully saturated rings. The SMILES string of the molecule is CCOC(=O)CCN(C)C(=O)c1c(Cl)cccc1Cl. The number of carbonyl (C=O) groups excluding carboxylic acids is 2. The van der Waals surface area contributed by atoms with Crippen molar-refractivity contribution in [1.82, 2.24) is 4.90 Å². The van der Waals surface area contributed by atoms with E-state index in [1.54, 1.807) is 32.2 Å². The van der Waals surface area contributed by atoms with E-state index in [1.165, 1.54) is 4.90 Å². The second-order valence-corrected chi connectivity index (χ2v) is 4.69. The molecule has 0 spiro atoms. The Morgan fingerprint density at radius 2 is 1.84 bits per heavy atom. The molecule has 0 saturated carbocycles. The molecule has 0 aliphatic rings. The van der Waals surface area contributed by atoms with Crippen molar-refractivity contribution in [3.8, 4) is 0 Å². The predicted molar refractivity (Wildman–Crippen MR) is 74.7 cm³/mol. The van der Waals surface area contributed by atoms with Crippen LogP contribution in [-0.2, 0) is 9.53 Å². The van der Waals surface area contributed by atoms with Crippen molar-refractivity contribution in [2.75, 3.05) is 20.2 Å². The molecule has 1 amide bonds. The van der Waals surface area contributed by atoms with E-state index in [-0.39, 0.29) is 30.4 Å². The summed E-state index contributed by atoms with van der Waals surface area (Å²) in [6, 6.07) is 4.86. The number of esters is 1. The Hall–Kier alpha value is -1.26. The molecule has 0 unspecified atom stereocenters. The molecule has 6 heteroatoms. The first kappa shape index (κ1) is 15.8. The van der Waals surface area contributed by atoms with Crippen molar-refractivity contribution in [2.24, 2.45) is 0 Å². The monoisotopic (exact) mass is 303 g/mol. The third kappa shape index (κ3) is 4.40. The van der Waals surface area contributed by atoms with E-state index in [2.05, 4.69) is 0 Å². The first-order chi connectivity index (χ1) is 8.97. The van der Waals surface area contributed by atoms with E-state index >= 15 is 0 Å². The van der Waals surface area contributed by atoms with Crippen LogP contribution >= 0.6 is 23.2 Å². The molecule has 0 bridgehead atoms. The fraction of sp³-hybridized carbons (Fsp3) is 0.385. The summed E-state index contributed by atoms with van der Waals surface area (Å²) in [5.41, 5.74) is 0.247. The topological polar surface area (TPSA) is 46.6 Å². The highest BCUT2D eigenvalue weighted by Crippen LogP contribution is 2.25. The zero-order valence-corrected chi connectivity index (χ0v) is 12.3. The second kappa shape index (κ2) is 7.36. The molecule has 1 aromatic rings. The van der Waals surface area contributed by atoms with Crippen LogP contribution in [0.25, 0.3) is 0 Å². The average Bonchev–Trinajstić information content (AvgIpc) is 2.36. The molecule has 104 valence electrons. The van der Waals surface area contributed by atoms with Crippen molar-refractivity contribution in [3.63, 3.8) is 0 Å². The lowest BCUT2D eigenvalue weighted by molar-refractivity contribution is -0.143. The summed E-state index contributed by atoms with van der Waals surface area (Å²) >= 11 is 11.9. The number of halogens is 2. The van der Waals surface area contributed by atoms with Crippen LogP contribution in [0.3, 0.4) is 0 Å². The van der Waals surface area contributed by atoms with Crippen LogP contribution in [-0.4, -0.2) is 37.0 Å². The van der Waals surface area contributed by atoms with Gasteiger partial charge in [-0.1, -0.05) is 29.3 Å². The van der Waals surface area contributed by atoms with E-state index in [4.69, 9.17) is 27.9 Å². The Balaban J connectivity index is 2.70. The van der Waals surface area contributed by atoms with Gasteiger partial charge in [0.1, 0.15) is 0 Å². The highest BCUT2D eigenvalue weighted by Gasteiger charge is 2.19. The van der Waals surface area contributed by atoms with Crippen LogP contribution in [0.1, 0.15) is 23.7 Å². The standard InChI is InChI=1S/C13H15Cl2NO3/c1-3-19-11(17)7-8-16(2)13(18)12-9(14)5-4-6-10(12)15/h4-6H,3,7-8H2,1-2H3. The molecule has 19 heavy (non-hydrogen) atoms. The van der Waals surface area contributed by atoms with Gasteiger partial charge in [-0.05, 0) is 19.1 Å². The second-order valence-electron chi connectivity index (χ2n) is 3.88. The number of carbonyl (C=O) groups is 2. The van der Waals surface area contributed by atoms with Gasteiger partial charge < -0.3 is 9.64 Å². The van der Waals surface area contributed by atoms with Crippen LogP contribution in [0.15, 0.2) is 18.2 Å². The van der Waals surface area contributed by atoms with Gasteiger partial charge in [-0.15, -0.1) is 0 Å². The minimum Gasteiger partial charge on any atom is -0.466 e. The Morgan fingerprint density at radius 3 is 2.37 bits per heavy atom. The van der Waals surface area contributed by atoms with Gasteiger partial charge in [0.05, 0.1) is 28.6 Å². The largest absolute Gasteiger partial charge is 0.466 e. The number of benzene rings is 1. The highest BCUT2D eigenvalue weighted by atomic mass is 35.5. The summed E-state index contributed by atoms with van der Waals surface area (Å²) in [5, 5.41) is 0.584. The van der Waals surface area contributed by atoms with Gasteiger partial charge in [0, 0.05) is 13.6 Å². The molecular formula is C13H15Cl2NO3. The quantitative estimate of drug-likeness (QED) is 0.786. The van der Waals surface area contributed by atoms with Crippen LogP contribution in [0.5, 0.6) is 0 Å². The van der Waals surface area contributed by atoms with Gasteiger partial charge in [0.2, 0.25) is 0 Å². The van der Waals surface area contributed by atoms with E-state index in [0.717, 1.165) is 0 Å². The maximum atomic E-state index is 12.2. The van der Waals surface area contributed by atoms with E-state index < -0.39 is 0 Å². The Kier molecular flexibility index (Phi) is 6.12. The molecule has 0 atom stereocenters. The van der Waals surface area contributed by atoms with Crippen LogP contribution in [0.4, 0.5) is 0 Å². The summed E-state index contributed by atoms with van der Waals surface area (Å²) in [6.07, 6.45) is 0.137. The molecule has 0 aliphatic heterocycles. The summed E-state index contributed by atoms with van der Waals surface area (Å²) in [6.45, 7) is 2.31. The normalized spacial score (nSPS) is 10.1. The van der Waals surface area contributed by atoms with Gasteiger partial charge in [-0.3, -0.25) is 9.59 Å². The summed E-state index contributed by atoms with van der Waals surface area (Å²) < 4.78 is 4.80. The Labute approximate surface area is 122 Å². The molecule has 0 saturated heterocycles. The summed E-state index contributed by atoms with van der Waals surface area (Å²) in [5.74, 6) is -0.660. The number of nitrogens with zero attached hydrogens (tertiary/aromatic N) is 1. The van der Waals surface area contributed by atoms with E-state index in [9.17, 15) is 9.59 Å². The van der Waals surface area contributed by atoms with Gasteiger partial charge in [0.15, 0.2) is 0 Å². The zero-order valence-electron chi connectivity index (χ0n) is 10.8. The van der Waals surface area contributed by atoms with Crippen molar-refractivity contribution >= 4 is 35.1 Å². The Bertz CT molecular complexity index is 457. The first-order valence-electron chi connectivity index (χ1n) is 5.82. The molecular weight excluding hydrogens is 289 g/mol. The minimum absolute atomic E-state index is 0.137. The smallest absolute Gasteiger partial charge is 0.307 e.